The SMILES string of the molecule is CCc1ccc2ccccc2c1.[2HH].[2H][2H].[2H][2H].[2H][2H].[2H][2H]. The van der Waals surface area contributed by atoms with Crippen molar-refractivity contribution in [1.82, 2.24) is 0 Å². The molecule has 0 unspecified atom stereocenters. The van der Waals surface area contributed by atoms with Gasteiger partial charge in [-0.2, -0.15) is 0 Å². The zero-order valence-electron chi connectivity index (χ0n) is 15.2. The van der Waals surface area contributed by atoms with Crippen LogP contribution >= 0.6 is 0 Å². The summed E-state index contributed by atoms with van der Waals surface area (Å²) in [6.45, 7) is 2.18. The van der Waals surface area contributed by atoms with Gasteiger partial charge in [0.2, 0.25) is 0 Å². The molecule has 0 aliphatic heterocycles. The molecule has 0 saturated carbocycles. The van der Waals surface area contributed by atoms with Crippen LogP contribution in [0.25, 0.3) is 10.8 Å². The second-order valence-electron chi connectivity index (χ2n) is 3.04. The van der Waals surface area contributed by atoms with E-state index in [9.17, 15) is 0 Å². The standard InChI is InChI=1S/C12H12.5H2/c1-2-10-7-8-11-5-3-4-6-12(11)9-10;;;;;/h3-9H,2H2,1H3;5*1H/i;4*1+1D;1+1. The van der Waals surface area contributed by atoms with E-state index in [0.717, 1.165) is 6.42 Å². The van der Waals surface area contributed by atoms with Crippen molar-refractivity contribution in [2.75, 3.05) is 0 Å². The lowest BCUT2D eigenvalue weighted by molar-refractivity contribution is 1.15. The molecular formula is C12H22. The minimum atomic E-state index is 0. The lowest BCUT2D eigenvalue weighted by Gasteiger charge is -1.99. The fourth-order valence-electron chi connectivity index (χ4n) is 1.46. The van der Waals surface area contributed by atoms with Crippen molar-refractivity contribution in [3.8, 4) is 0 Å². The maximum Gasteiger partial charge on any atom is 0 e. The molecule has 0 fully saturated rings. The van der Waals surface area contributed by atoms with Crippen molar-refractivity contribution < 1.29 is 13.3 Å². The van der Waals surface area contributed by atoms with Gasteiger partial charge in [-0.3, -0.25) is 0 Å². The first kappa shape index (κ1) is 4.08. The van der Waals surface area contributed by atoms with Crippen LogP contribution in [0.1, 0.15) is 25.8 Å². The lowest BCUT2D eigenvalue weighted by Crippen LogP contribution is -1.79. The average molecular weight is 175 g/mol. The molecule has 0 amide bonds. The van der Waals surface area contributed by atoms with Crippen molar-refractivity contribution in [2.24, 2.45) is 0 Å². The number of hydrogen-bond acceptors (Lipinski definition) is 0. The maximum atomic E-state index is 5.00. The largest absolute Gasteiger partial charge is 0.0616 e. The molecule has 0 heteroatoms. The van der Waals surface area contributed by atoms with E-state index < -0.39 is 0 Å². The van der Waals surface area contributed by atoms with E-state index in [1.807, 2.05) is 0 Å². The monoisotopic (exact) mass is 175 g/mol. The molecule has 2 aromatic rings. The van der Waals surface area contributed by atoms with Gasteiger partial charge in [-0.1, -0.05) is 49.4 Å². The Labute approximate surface area is 86.7 Å². The highest BCUT2D eigenvalue weighted by Gasteiger charge is 1.92. The fraction of sp³-hybridized carbons (Fsp3) is 0.167. The molecule has 2 rings (SSSR count). The van der Waals surface area contributed by atoms with Crippen molar-refractivity contribution in [3.63, 3.8) is 0 Å². The Morgan fingerprint density at radius 1 is 1.08 bits per heavy atom. The summed E-state index contributed by atoms with van der Waals surface area (Å²) in [6, 6.07) is 15.1. The second kappa shape index (κ2) is 2.98. The van der Waals surface area contributed by atoms with Crippen LogP contribution in [0.3, 0.4) is 0 Å². The van der Waals surface area contributed by atoms with Gasteiger partial charge in [-0.05, 0) is 22.8 Å². The van der Waals surface area contributed by atoms with Gasteiger partial charge in [0, 0.05) is 13.3 Å². The molecule has 0 spiro atoms. The quantitative estimate of drug-likeness (QED) is 0.592. The maximum absolute atomic E-state index is 5.00. The normalized spacial score (nSPS) is 13.1. The van der Waals surface area contributed by atoms with Gasteiger partial charge in [0.15, 0.2) is 0 Å². The highest BCUT2D eigenvalue weighted by molar-refractivity contribution is 5.82. The number of fused-ring (bicyclic) bond motifs is 1. The van der Waals surface area contributed by atoms with Crippen LogP contribution in [0.4, 0.5) is 0 Å². The Balaban J connectivity index is -0.000000141. The third-order valence-corrected chi connectivity index (χ3v) is 2.22. The summed E-state index contributed by atoms with van der Waals surface area (Å²) in [5, 5.41) is 2.67. The van der Waals surface area contributed by atoms with E-state index in [0.29, 0.717) is 0 Å². The summed E-state index contributed by atoms with van der Waals surface area (Å²) >= 11 is 0. The lowest BCUT2D eigenvalue weighted by atomic mass is 10.1. The van der Waals surface area contributed by atoms with Crippen LogP contribution in [0.2, 0.25) is 0 Å². The highest BCUT2D eigenvalue weighted by atomic mass is 14.0. The summed E-state index contributed by atoms with van der Waals surface area (Å²) in [5.41, 5.74) is 1.41. The van der Waals surface area contributed by atoms with E-state index in [2.05, 4.69) is 49.4 Å². The fourth-order valence-corrected chi connectivity index (χ4v) is 1.46. The van der Waals surface area contributed by atoms with Crippen LogP contribution in [0.5, 0.6) is 0 Å². The van der Waals surface area contributed by atoms with Gasteiger partial charge < -0.3 is 0 Å². The summed E-state index contributed by atoms with van der Waals surface area (Å²) in [6.07, 6.45) is 1.12. The van der Waals surface area contributed by atoms with Crippen LogP contribution < -0.4 is 0 Å². The molecule has 0 aliphatic rings. The minimum Gasteiger partial charge on any atom is -0.0616 e. The van der Waals surface area contributed by atoms with Crippen molar-refractivity contribution in [2.45, 2.75) is 13.3 Å². The molecule has 2 aromatic carbocycles. The van der Waals surface area contributed by atoms with Gasteiger partial charge in [0.05, 0.1) is 0 Å². The molecule has 0 nitrogen and oxygen atoms in total. The Hall–Kier alpha value is -1.30. The van der Waals surface area contributed by atoms with E-state index in [1.54, 1.807) is 0 Å². The van der Waals surface area contributed by atoms with Gasteiger partial charge in [0.25, 0.3) is 0 Å². The molecule has 0 saturated heterocycles. The Kier molecular flexibility index (Phi) is 1.01. The number of benzene rings is 2. The molecule has 12 heavy (non-hydrogen) atoms. The zero-order valence-corrected chi connectivity index (χ0v) is 7.25. The second-order valence-corrected chi connectivity index (χ2v) is 3.04. The van der Waals surface area contributed by atoms with Crippen LogP contribution in [0, 0.1) is 0 Å². The molecule has 0 bridgehead atoms. The first-order valence-corrected chi connectivity index (χ1v) is 4.38. The number of rotatable bonds is 1. The molecule has 0 N–H and O–H groups in total. The van der Waals surface area contributed by atoms with Crippen LogP contribution in [-0.2, 0) is 6.42 Å². The van der Waals surface area contributed by atoms with Crippen molar-refractivity contribution in [1.29, 1.82) is 0 Å². The Morgan fingerprint density at radius 3 is 2.58 bits per heavy atom. The topological polar surface area (TPSA) is 0 Å². The smallest absolute Gasteiger partial charge is 0 e. The van der Waals surface area contributed by atoms with Gasteiger partial charge in [-0.25, -0.2) is 0 Å². The van der Waals surface area contributed by atoms with Gasteiger partial charge >= 0.3 is 0 Å². The minimum absolute atomic E-state index is 0. The van der Waals surface area contributed by atoms with Crippen molar-refractivity contribution in [3.05, 3.63) is 48.0 Å². The Bertz CT molecular complexity index is 409. The molecular weight excluding hydrogens is 144 g/mol. The molecule has 0 aliphatic carbocycles. The zero-order chi connectivity index (χ0) is 16.4. The predicted molar refractivity (Wildman–Crippen MR) is 63.9 cm³/mol. The molecule has 0 heterocycles. The first-order chi connectivity index (χ1) is 9.90. The predicted octanol–water partition coefficient (Wildman–Crippen LogP) is 4.63. The summed E-state index contributed by atoms with van der Waals surface area (Å²) in [4.78, 5) is 0. The molecule has 70 valence electrons. The molecule has 0 radical (unpaired) electrons. The van der Waals surface area contributed by atoms with E-state index in [4.69, 9.17) is 11.9 Å². The highest BCUT2D eigenvalue weighted by Crippen LogP contribution is 2.15. The van der Waals surface area contributed by atoms with Gasteiger partial charge in [-0.15, -0.1) is 0 Å². The Morgan fingerprint density at radius 2 is 1.83 bits per heavy atom. The van der Waals surface area contributed by atoms with Gasteiger partial charge in [0.1, 0.15) is 0 Å². The number of aryl methyl sites for hydroxylation is 1. The van der Waals surface area contributed by atoms with E-state index >= 15 is 0 Å². The van der Waals surface area contributed by atoms with E-state index in [-0.39, 0.29) is 1.43 Å². The van der Waals surface area contributed by atoms with Crippen molar-refractivity contribution >= 4 is 10.8 Å². The third kappa shape index (κ3) is 1.20. The summed E-state index contributed by atoms with van der Waals surface area (Å²) in [5.74, 6) is 0. The molecule has 0 aromatic heterocycles. The van der Waals surface area contributed by atoms with Crippen LogP contribution in [-0.4, -0.2) is 0 Å². The average Bonchev–Trinajstić information content (AvgIpc) is 2.61. The third-order valence-electron chi connectivity index (χ3n) is 2.22. The number of hydrogen-bond donors (Lipinski definition) is 0. The first-order valence-electron chi connectivity index (χ1n) is 8.38. The summed E-state index contributed by atoms with van der Waals surface area (Å²) < 4.78 is 40.0. The van der Waals surface area contributed by atoms with Crippen LogP contribution in [0.15, 0.2) is 42.5 Å². The molecule has 0 atom stereocenters. The van der Waals surface area contributed by atoms with E-state index in [1.165, 1.54) is 16.3 Å². The summed E-state index contributed by atoms with van der Waals surface area (Å²) in [7, 11) is 0.